The summed E-state index contributed by atoms with van der Waals surface area (Å²) in [5.41, 5.74) is 1.36. The lowest BCUT2D eigenvalue weighted by Crippen LogP contribution is -2.21. The minimum absolute atomic E-state index is 0.603. The van der Waals surface area contributed by atoms with Crippen molar-refractivity contribution in [1.82, 2.24) is 4.90 Å². The molecule has 2 rings (SSSR count). The Kier molecular flexibility index (Phi) is 4.70. The van der Waals surface area contributed by atoms with Crippen molar-refractivity contribution in [2.75, 3.05) is 33.9 Å². The maximum Gasteiger partial charge on any atom is 0.160 e. The van der Waals surface area contributed by atoms with Crippen molar-refractivity contribution in [3.05, 3.63) is 23.8 Å². The van der Waals surface area contributed by atoms with E-state index >= 15 is 0 Å². The maximum atomic E-state index is 5.41. The number of hydrogen-bond donors (Lipinski definition) is 0. The smallest absolute Gasteiger partial charge is 0.160 e. The van der Waals surface area contributed by atoms with Crippen molar-refractivity contribution < 1.29 is 9.47 Å². The molecule has 3 heteroatoms. The molecular formula is C16H25NO2. The van der Waals surface area contributed by atoms with Crippen molar-refractivity contribution in [2.24, 2.45) is 5.92 Å². The topological polar surface area (TPSA) is 21.7 Å². The van der Waals surface area contributed by atoms with E-state index in [0.29, 0.717) is 11.8 Å². The van der Waals surface area contributed by atoms with E-state index in [1.54, 1.807) is 14.2 Å². The fraction of sp³-hybridized carbons (Fsp3) is 0.625. The second-order valence-corrected chi connectivity index (χ2v) is 5.46. The van der Waals surface area contributed by atoms with Crippen LogP contribution in [-0.2, 0) is 0 Å². The Labute approximate surface area is 116 Å². The quantitative estimate of drug-likeness (QED) is 0.814. The molecule has 0 saturated carbocycles. The molecule has 0 spiro atoms. The van der Waals surface area contributed by atoms with Gasteiger partial charge in [0.05, 0.1) is 14.2 Å². The predicted octanol–water partition coefficient (Wildman–Crippen LogP) is 3.15. The minimum Gasteiger partial charge on any atom is -0.493 e. The Morgan fingerprint density at radius 3 is 2.53 bits per heavy atom. The minimum atomic E-state index is 0.603. The lowest BCUT2D eigenvalue weighted by Gasteiger charge is -2.17. The highest BCUT2D eigenvalue weighted by Crippen LogP contribution is 2.36. The van der Waals surface area contributed by atoms with Gasteiger partial charge in [-0.05, 0) is 36.6 Å². The van der Waals surface area contributed by atoms with Gasteiger partial charge in [-0.25, -0.2) is 0 Å². The Hall–Kier alpha value is -1.22. The molecule has 1 aromatic carbocycles. The van der Waals surface area contributed by atoms with Crippen LogP contribution in [0.3, 0.4) is 0 Å². The largest absolute Gasteiger partial charge is 0.493 e. The molecule has 0 aliphatic carbocycles. The second kappa shape index (κ2) is 6.29. The first kappa shape index (κ1) is 14.2. The van der Waals surface area contributed by atoms with Gasteiger partial charge in [0.25, 0.3) is 0 Å². The fourth-order valence-corrected chi connectivity index (χ4v) is 3.08. The zero-order valence-electron chi connectivity index (χ0n) is 12.5. The molecule has 19 heavy (non-hydrogen) atoms. The van der Waals surface area contributed by atoms with Crippen LogP contribution in [0, 0.1) is 5.92 Å². The highest BCUT2D eigenvalue weighted by molar-refractivity contribution is 5.44. The molecule has 0 aromatic heterocycles. The second-order valence-electron chi connectivity index (χ2n) is 5.46. The standard InChI is InChI=1S/C16H25NO2/c1-5-8-17-10-12(2)14(11-17)13-6-7-15(18-3)16(9-13)19-4/h6-7,9,12,14H,5,8,10-11H2,1-4H3. The summed E-state index contributed by atoms with van der Waals surface area (Å²) >= 11 is 0. The number of benzene rings is 1. The number of rotatable bonds is 5. The Morgan fingerprint density at radius 1 is 1.16 bits per heavy atom. The van der Waals surface area contributed by atoms with E-state index in [0.717, 1.165) is 18.0 Å². The van der Waals surface area contributed by atoms with E-state index in [1.807, 2.05) is 6.07 Å². The van der Waals surface area contributed by atoms with Gasteiger partial charge in [-0.15, -0.1) is 0 Å². The van der Waals surface area contributed by atoms with E-state index < -0.39 is 0 Å². The van der Waals surface area contributed by atoms with Gasteiger partial charge in [0.15, 0.2) is 11.5 Å². The first-order valence-corrected chi connectivity index (χ1v) is 7.13. The summed E-state index contributed by atoms with van der Waals surface area (Å²) in [7, 11) is 3.38. The molecule has 2 atom stereocenters. The Balaban J connectivity index is 2.17. The van der Waals surface area contributed by atoms with Crippen LogP contribution in [0.25, 0.3) is 0 Å². The first-order valence-electron chi connectivity index (χ1n) is 7.13. The first-order chi connectivity index (χ1) is 9.19. The molecule has 1 saturated heterocycles. The average molecular weight is 263 g/mol. The lowest BCUT2D eigenvalue weighted by atomic mass is 9.90. The van der Waals surface area contributed by atoms with Crippen molar-refractivity contribution >= 4 is 0 Å². The monoisotopic (exact) mass is 263 g/mol. The van der Waals surface area contributed by atoms with Gasteiger partial charge in [0.2, 0.25) is 0 Å². The van der Waals surface area contributed by atoms with E-state index in [4.69, 9.17) is 9.47 Å². The summed E-state index contributed by atoms with van der Waals surface area (Å²) in [6.07, 6.45) is 1.23. The number of nitrogens with zero attached hydrogens (tertiary/aromatic N) is 1. The Bertz CT molecular complexity index is 419. The van der Waals surface area contributed by atoms with Crippen LogP contribution in [-0.4, -0.2) is 38.8 Å². The van der Waals surface area contributed by atoms with E-state index in [9.17, 15) is 0 Å². The van der Waals surface area contributed by atoms with Gasteiger partial charge in [-0.3, -0.25) is 0 Å². The lowest BCUT2D eigenvalue weighted by molar-refractivity contribution is 0.327. The van der Waals surface area contributed by atoms with Crippen LogP contribution in [0.5, 0.6) is 11.5 Å². The molecule has 0 N–H and O–H groups in total. The van der Waals surface area contributed by atoms with Gasteiger partial charge in [-0.2, -0.15) is 0 Å². The van der Waals surface area contributed by atoms with Crippen LogP contribution in [0.1, 0.15) is 31.7 Å². The van der Waals surface area contributed by atoms with Gasteiger partial charge in [-0.1, -0.05) is 19.9 Å². The molecule has 0 amide bonds. The number of ether oxygens (including phenoxy) is 2. The molecule has 1 fully saturated rings. The molecule has 106 valence electrons. The molecule has 1 aliphatic rings. The fourth-order valence-electron chi connectivity index (χ4n) is 3.08. The maximum absolute atomic E-state index is 5.41. The van der Waals surface area contributed by atoms with Gasteiger partial charge in [0.1, 0.15) is 0 Å². The highest BCUT2D eigenvalue weighted by Gasteiger charge is 2.30. The van der Waals surface area contributed by atoms with E-state index in [1.165, 1.54) is 25.1 Å². The van der Waals surface area contributed by atoms with Gasteiger partial charge < -0.3 is 14.4 Å². The van der Waals surface area contributed by atoms with Crippen molar-refractivity contribution in [2.45, 2.75) is 26.2 Å². The van der Waals surface area contributed by atoms with Crippen LogP contribution in [0.2, 0.25) is 0 Å². The zero-order valence-corrected chi connectivity index (χ0v) is 12.5. The normalized spacial score (nSPS) is 23.6. The molecule has 1 heterocycles. The number of methoxy groups -OCH3 is 2. The van der Waals surface area contributed by atoms with Crippen LogP contribution in [0.15, 0.2) is 18.2 Å². The number of hydrogen-bond acceptors (Lipinski definition) is 3. The zero-order chi connectivity index (χ0) is 13.8. The third-order valence-electron chi connectivity index (χ3n) is 4.06. The molecule has 2 unspecified atom stereocenters. The van der Waals surface area contributed by atoms with E-state index in [2.05, 4.69) is 30.9 Å². The highest BCUT2D eigenvalue weighted by atomic mass is 16.5. The van der Waals surface area contributed by atoms with Crippen LogP contribution < -0.4 is 9.47 Å². The summed E-state index contributed by atoms with van der Waals surface area (Å²) in [6.45, 7) is 8.15. The third-order valence-corrected chi connectivity index (χ3v) is 4.06. The summed E-state index contributed by atoms with van der Waals surface area (Å²) in [6, 6.07) is 6.33. The summed E-state index contributed by atoms with van der Waals surface area (Å²) in [5, 5.41) is 0. The molecule has 0 bridgehead atoms. The predicted molar refractivity (Wildman–Crippen MR) is 78.2 cm³/mol. The van der Waals surface area contributed by atoms with Crippen molar-refractivity contribution in [3.63, 3.8) is 0 Å². The van der Waals surface area contributed by atoms with Gasteiger partial charge in [0, 0.05) is 19.0 Å². The number of likely N-dealkylation sites (tertiary alicyclic amines) is 1. The summed E-state index contributed by atoms with van der Waals surface area (Å²) in [5.74, 6) is 2.94. The Morgan fingerprint density at radius 2 is 1.89 bits per heavy atom. The van der Waals surface area contributed by atoms with E-state index in [-0.39, 0.29) is 0 Å². The summed E-state index contributed by atoms with van der Waals surface area (Å²) in [4.78, 5) is 2.56. The molecule has 3 nitrogen and oxygen atoms in total. The average Bonchev–Trinajstić information content (AvgIpc) is 2.79. The molecule has 1 aliphatic heterocycles. The van der Waals surface area contributed by atoms with Gasteiger partial charge >= 0.3 is 0 Å². The van der Waals surface area contributed by atoms with Crippen LogP contribution in [0.4, 0.5) is 0 Å². The molecule has 1 aromatic rings. The molecular weight excluding hydrogens is 238 g/mol. The van der Waals surface area contributed by atoms with Crippen molar-refractivity contribution in [1.29, 1.82) is 0 Å². The van der Waals surface area contributed by atoms with Crippen molar-refractivity contribution in [3.8, 4) is 11.5 Å². The summed E-state index contributed by atoms with van der Waals surface area (Å²) < 4.78 is 10.7. The third kappa shape index (κ3) is 3.03. The SMILES string of the molecule is CCCN1CC(C)C(c2ccc(OC)c(OC)c2)C1. The molecule has 0 radical (unpaired) electrons. The van der Waals surface area contributed by atoms with Crippen LogP contribution >= 0.6 is 0 Å².